The smallest absolute Gasteiger partial charge is 0.275 e. The van der Waals surface area contributed by atoms with E-state index in [4.69, 9.17) is 0 Å². The van der Waals surface area contributed by atoms with Crippen LogP contribution in [0.3, 0.4) is 0 Å². The van der Waals surface area contributed by atoms with Gasteiger partial charge < -0.3 is 22.1 Å². The molecule has 2 aromatic carbocycles. The van der Waals surface area contributed by atoms with Crippen molar-refractivity contribution in [3.63, 3.8) is 0 Å². The summed E-state index contributed by atoms with van der Waals surface area (Å²) in [5.74, 6) is 1.25. The second-order valence-electron chi connectivity index (χ2n) is 7.14. The molecule has 138 valence electrons. The lowest BCUT2D eigenvalue weighted by Crippen LogP contribution is -3.00. The van der Waals surface area contributed by atoms with Crippen LogP contribution < -0.4 is 21.9 Å². The van der Waals surface area contributed by atoms with Crippen molar-refractivity contribution in [2.24, 2.45) is 0 Å². The molecule has 4 rings (SSSR count). The Morgan fingerprint density at radius 3 is 2.38 bits per heavy atom. The summed E-state index contributed by atoms with van der Waals surface area (Å²) >= 11 is 3.52. The molecule has 2 heterocycles. The maximum atomic E-state index is 11.8. The standard InChI is InChI=1S/C21H24BrN2O.BrH/c1-16-6-8-17(9-7-16)21(25)15-23-14-4-2-3-5-20(23)24(21)19-12-10-18(22)11-13-19;/h6-13,25H,2-5,14-15H2,1H3;1H/q+1;/p-1. The molecule has 0 aromatic heterocycles. The van der Waals surface area contributed by atoms with Gasteiger partial charge in [-0.25, -0.2) is 0 Å². The molecular formula is C21H24Br2N2O. The third-order valence-corrected chi connectivity index (χ3v) is 5.86. The predicted molar refractivity (Wildman–Crippen MR) is 105 cm³/mol. The second kappa shape index (κ2) is 7.83. The van der Waals surface area contributed by atoms with E-state index in [0.29, 0.717) is 6.54 Å². The van der Waals surface area contributed by atoms with E-state index in [1.807, 2.05) is 12.1 Å². The molecule has 1 atom stereocenters. The zero-order valence-electron chi connectivity index (χ0n) is 15.0. The minimum Gasteiger partial charge on any atom is -1.00 e. The van der Waals surface area contributed by atoms with Crippen LogP contribution in [0.15, 0.2) is 53.0 Å². The Hall–Kier alpha value is -1.17. The summed E-state index contributed by atoms with van der Waals surface area (Å²) < 4.78 is 3.44. The van der Waals surface area contributed by atoms with E-state index < -0.39 is 5.72 Å². The minimum atomic E-state index is -1.02. The van der Waals surface area contributed by atoms with E-state index in [9.17, 15) is 5.11 Å². The molecule has 2 aliphatic rings. The summed E-state index contributed by atoms with van der Waals surface area (Å²) in [5, 5.41) is 11.8. The number of amidine groups is 1. The van der Waals surface area contributed by atoms with Crippen LogP contribution in [0.1, 0.15) is 36.8 Å². The van der Waals surface area contributed by atoms with Gasteiger partial charge in [-0.2, -0.15) is 4.90 Å². The van der Waals surface area contributed by atoms with Gasteiger partial charge in [0.15, 0.2) is 6.54 Å². The zero-order chi connectivity index (χ0) is 17.4. The number of rotatable bonds is 2. The van der Waals surface area contributed by atoms with Gasteiger partial charge in [0.25, 0.3) is 11.6 Å². The quantitative estimate of drug-likeness (QED) is 0.659. The van der Waals surface area contributed by atoms with Crippen molar-refractivity contribution < 1.29 is 26.7 Å². The summed E-state index contributed by atoms with van der Waals surface area (Å²) in [5.41, 5.74) is 2.20. The molecule has 0 bridgehead atoms. The third-order valence-electron chi connectivity index (χ3n) is 5.33. The topological polar surface area (TPSA) is 26.5 Å². The Morgan fingerprint density at radius 1 is 1.00 bits per heavy atom. The Labute approximate surface area is 174 Å². The maximum Gasteiger partial charge on any atom is 0.275 e. The molecule has 5 heteroatoms. The largest absolute Gasteiger partial charge is 1.00 e. The van der Waals surface area contributed by atoms with Crippen LogP contribution in [0.2, 0.25) is 0 Å². The van der Waals surface area contributed by atoms with Gasteiger partial charge in [0, 0.05) is 16.5 Å². The summed E-state index contributed by atoms with van der Waals surface area (Å²) in [6.45, 7) is 3.73. The number of aliphatic hydroxyl groups is 1. The molecule has 0 spiro atoms. The van der Waals surface area contributed by atoms with E-state index >= 15 is 0 Å². The average molecular weight is 480 g/mol. The molecule has 0 fully saturated rings. The van der Waals surface area contributed by atoms with Crippen molar-refractivity contribution in [3.05, 3.63) is 64.1 Å². The number of hydrogen-bond acceptors (Lipinski definition) is 2. The van der Waals surface area contributed by atoms with Crippen LogP contribution in [0.4, 0.5) is 5.69 Å². The highest BCUT2D eigenvalue weighted by Crippen LogP contribution is 2.38. The van der Waals surface area contributed by atoms with Gasteiger partial charge in [-0.15, -0.1) is 0 Å². The lowest BCUT2D eigenvalue weighted by molar-refractivity contribution is -0.534. The maximum absolute atomic E-state index is 11.8. The van der Waals surface area contributed by atoms with E-state index in [1.165, 1.54) is 30.7 Å². The summed E-state index contributed by atoms with van der Waals surface area (Å²) in [4.78, 5) is 2.16. The van der Waals surface area contributed by atoms with E-state index in [2.05, 4.69) is 68.7 Å². The van der Waals surface area contributed by atoms with Crippen molar-refractivity contribution in [1.29, 1.82) is 0 Å². The Bertz CT molecular complexity index is 802. The Morgan fingerprint density at radius 2 is 1.69 bits per heavy atom. The molecule has 26 heavy (non-hydrogen) atoms. The van der Waals surface area contributed by atoms with E-state index in [-0.39, 0.29) is 17.0 Å². The van der Waals surface area contributed by atoms with Gasteiger partial charge in [-0.3, -0.25) is 4.58 Å². The van der Waals surface area contributed by atoms with Gasteiger partial charge in [0.05, 0.1) is 6.54 Å². The van der Waals surface area contributed by atoms with Crippen LogP contribution in [0.5, 0.6) is 0 Å². The summed E-state index contributed by atoms with van der Waals surface area (Å²) in [7, 11) is 0. The van der Waals surface area contributed by atoms with Crippen molar-refractivity contribution in [2.75, 3.05) is 18.0 Å². The zero-order valence-corrected chi connectivity index (χ0v) is 18.1. The fraction of sp³-hybridized carbons (Fsp3) is 0.381. The van der Waals surface area contributed by atoms with Gasteiger partial charge in [0.1, 0.15) is 5.69 Å². The molecule has 2 aliphatic heterocycles. The van der Waals surface area contributed by atoms with Gasteiger partial charge >= 0.3 is 0 Å². The van der Waals surface area contributed by atoms with Crippen molar-refractivity contribution >= 4 is 27.5 Å². The van der Waals surface area contributed by atoms with Crippen molar-refractivity contribution in [1.82, 2.24) is 0 Å². The SMILES string of the molecule is Cc1ccc(C2(O)C[N+]3=C(CCCCC3)N2c2ccc(Br)cc2)cc1.[Br-]. The minimum absolute atomic E-state index is 0. The number of aryl methyl sites for hydroxylation is 1. The second-order valence-corrected chi connectivity index (χ2v) is 8.06. The Kier molecular flexibility index (Phi) is 5.90. The molecular weight excluding hydrogens is 456 g/mol. The summed E-state index contributed by atoms with van der Waals surface area (Å²) in [6.07, 6.45) is 4.66. The molecule has 1 N–H and O–H groups in total. The highest BCUT2D eigenvalue weighted by Gasteiger charge is 2.53. The summed E-state index contributed by atoms with van der Waals surface area (Å²) in [6, 6.07) is 16.6. The van der Waals surface area contributed by atoms with Crippen LogP contribution in [-0.4, -0.2) is 28.6 Å². The molecule has 2 aromatic rings. The van der Waals surface area contributed by atoms with Crippen LogP contribution in [0.25, 0.3) is 0 Å². The molecule has 0 radical (unpaired) electrons. The third kappa shape index (κ3) is 3.49. The van der Waals surface area contributed by atoms with Gasteiger partial charge in [-0.1, -0.05) is 45.8 Å². The number of benzene rings is 2. The monoisotopic (exact) mass is 478 g/mol. The number of halogens is 2. The van der Waals surface area contributed by atoms with Crippen LogP contribution in [0, 0.1) is 6.92 Å². The number of nitrogens with zero attached hydrogens (tertiary/aromatic N) is 2. The fourth-order valence-corrected chi connectivity index (χ4v) is 4.28. The molecule has 0 saturated heterocycles. The lowest BCUT2D eigenvalue weighted by Gasteiger charge is -2.29. The van der Waals surface area contributed by atoms with E-state index in [0.717, 1.165) is 28.7 Å². The average Bonchev–Trinajstić information content (AvgIpc) is 2.74. The number of anilines is 1. The predicted octanol–water partition coefficient (Wildman–Crippen LogP) is 1.41. The van der Waals surface area contributed by atoms with Crippen LogP contribution in [-0.2, 0) is 5.72 Å². The van der Waals surface area contributed by atoms with Crippen LogP contribution >= 0.6 is 15.9 Å². The molecule has 3 nitrogen and oxygen atoms in total. The lowest BCUT2D eigenvalue weighted by atomic mass is 9.99. The first-order valence-corrected chi connectivity index (χ1v) is 9.83. The van der Waals surface area contributed by atoms with E-state index in [1.54, 1.807) is 0 Å². The molecule has 0 saturated carbocycles. The first kappa shape index (κ1) is 19.6. The number of hydrogen-bond donors (Lipinski definition) is 1. The fourth-order valence-electron chi connectivity index (χ4n) is 4.02. The Balaban J connectivity index is 0.00000196. The van der Waals surface area contributed by atoms with Gasteiger partial charge in [0.2, 0.25) is 0 Å². The normalized spacial score (nSPS) is 22.7. The molecule has 1 unspecified atom stereocenters. The molecule has 0 aliphatic carbocycles. The highest BCUT2D eigenvalue weighted by molar-refractivity contribution is 9.10. The molecule has 0 amide bonds. The first-order chi connectivity index (χ1) is 12.1. The highest BCUT2D eigenvalue weighted by atomic mass is 79.9. The first-order valence-electron chi connectivity index (χ1n) is 9.04. The van der Waals surface area contributed by atoms with Gasteiger partial charge in [-0.05, 0) is 50.5 Å². The van der Waals surface area contributed by atoms with Crippen molar-refractivity contribution in [3.8, 4) is 0 Å². The van der Waals surface area contributed by atoms with Crippen molar-refractivity contribution in [2.45, 2.75) is 38.3 Å².